The average Bonchev–Trinajstić information content (AvgIpc) is 2.92. The minimum absolute atomic E-state index is 0.0722. The first-order valence-electron chi connectivity index (χ1n) is 12.5. The molecule has 0 bridgehead atoms. The summed E-state index contributed by atoms with van der Waals surface area (Å²) in [6.45, 7) is 5.19. The van der Waals surface area contributed by atoms with Crippen molar-refractivity contribution in [2.45, 2.75) is 50.7 Å². The molecule has 0 unspecified atom stereocenters. The molecule has 9 heteroatoms. The van der Waals surface area contributed by atoms with E-state index >= 15 is 0 Å². The molecule has 1 N–H and O–H groups in total. The Labute approximate surface area is 225 Å². The number of carbonyl (C=O) groups is 2. The zero-order chi connectivity index (χ0) is 27.7. The number of amides is 2. The van der Waals surface area contributed by atoms with Crippen molar-refractivity contribution in [3.8, 4) is 5.75 Å². The van der Waals surface area contributed by atoms with Crippen molar-refractivity contribution >= 4 is 27.5 Å². The number of carbonyl (C=O) groups excluding carboxylic acids is 2. The predicted octanol–water partition coefficient (Wildman–Crippen LogP) is 4.22. The van der Waals surface area contributed by atoms with Crippen molar-refractivity contribution in [1.82, 2.24) is 10.2 Å². The van der Waals surface area contributed by atoms with E-state index in [1.807, 2.05) is 32.9 Å². The molecule has 0 saturated heterocycles. The van der Waals surface area contributed by atoms with E-state index in [9.17, 15) is 18.0 Å². The summed E-state index contributed by atoms with van der Waals surface area (Å²) in [5.74, 6) is -0.114. The standard InChI is InChI=1S/C29H35N3O5S/c1-5-27(29(34)30-22(2)3)31(20-23-16-18-25(37-4)19-17-23)28(33)21-32(24-12-8-6-9-13-24)38(35,36)26-14-10-7-11-15-26/h6-19,22,27H,5,20-21H2,1-4H3,(H,30,34)/t27-/m1/s1. The van der Waals surface area contributed by atoms with Crippen LogP contribution in [0.15, 0.2) is 89.8 Å². The third kappa shape index (κ3) is 7.13. The number of methoxy groups -OCH3 is 1. The molecule has 0 saturated carbocycles. The summed E-state index contributed by atoms with van der Waals surface area (Å²) < 4.78 is 33.7. The highest BCUT2D eigenvalue weighted by molar-refractivity contribution is 7.92. The zero-order valence-electron chi connectivity index (χ0n) is 22.2. The van der Waals surface area contributed by atoms with Gasteiger partial charge in [0.15, 0.2) is 0 Å². The largest absolute Gasteiger partial charge is 0.497 e. The fourth-order valence-corrected chi connectivity index (χ4v) is 5.51. The van der Waals surface area contributed by atoms with Crippen LogP contribution >= 0.6 is 0 Å². The molecule has 0 spiro atoms. The quantitative estimate of drug-likeness (QED) is 0.373. The number of nitrogens with one attached hydrogen (secondary N) is 1. The van der Waals surface area contributed by atoms with E-state index in [0.717, 1.165) is 9.87 Å². The summed E-state index contributed by atoms with van der Waals surface area (Å²) in [5.41, 5.74) is 1.14. The van der Waals surface area contributed by atoms with Gasteiger partial charge in [0.1, 0.15) is 18.3 Å². The predicted molar refractivity (Wildman–Crippen MR) is 148 cm³/mol. The van der Waals surface area contributed by atoms with Crippen molar-refractivity contribution in [3.63, 3.8) is 0 Å². The average molecular weight is 538 g/mol. The van der Waals surface area contributed by atoms with E-state index in [1.54, 1.807) is 67.8 Å². The van der Waals surface area contributed by atoms with Gasteiger partial charge in [0, 0.05) is 12.6 Å². The van der Waals surface area contributed by atoms with Gasteiger partial charge < -0.3 is 15.0 Å². The van der Waals surface area contributed by atoms with Gasteiger partial charge in [-0.2, -0.15) is 0 Å². The van der Waals surface area contributed by atoms with E-state index in [-0.39, 0.29) is 23.4 Å². The number of anilines is 1. The lowest BCUT2D eigenvalue weighted by atomic mass is 10.1. The van der Waals surface area contributed by atoms with Gasteiger partial charge in [-0.15, -0.1) is 0 Å². The smallest absolute Gasteiger partial charge is 0.264 e. The van der Waals surface area contributed by atoms with Crippen LogP contribution in [0, 0.1) is 0 Å². The van der Waals surface area contributed by atoms with Gasteiger partial charge in [0.05, 0.1) is 17.7 Å². The lowest BCUT2D eigenvalue weighted by molar-refractivity contribution is -0.140. The van der Waals surface area contributed by atoms with Crippen LogP contribution in [-0.2, 0) is 26.2 Å². The van der Waals surface area contributed by atoms with Gasteiger partial charge in [-0.3, -0.25) is 13.9 Å². The number of hydrogen-bond acceptors (Lipinski definition) is 5. The molecule has 0 aliphatic rings. The maximum Gasteiger partial charge on any atom is 0.264 e. The van der Waals surface area contributed by atoms with Crippen LogP contribution in [-0.4, -0.2) is 50.9 Å². The van der Waals surface area contributed by atoms with E-state index in [2.05, 4.69) is 5.32 Å². The molecular weight excluding hydrogens is 502 g/mol. The number of ether oxygens (including phenoxy) is 1. The maximum atomic E-state index is 13.9. The topological polar surface area (TPSA) is 96.0 Å². The van der Waals surface area contributed by atoms with Crippen LogP contribution in [0.1, 0.15) is 32.8 Å². The second kappa shape index (κ2) is 13.1. The molecule has 0 radical (unpaired) electrons. The van der Waals surface area contributed by atoms with Crippen LogP contribution in [0.4, 0.5) is 5.69 Å². The molecule has 0 heterocycles. The first-order chi connectivity index (χ1) is 18.2. The molecule has 3 rings (SSSR count). The van der Waals surface area contributed by atoms with Crippen LogP contribution in [0.25, 0.3) is 0 Å². The third-order valence-corrected chi connectivity index (χ3v) is 7.77. The van der Waals surface area contributed by atoms with Crippen molar-refractivity contribution in [1.29, 1.82) is 0 Å². The highest BCUT2D eigenvalue weighted by Crippen LogP contribution is 2.25. The molecule has 3 aromatic carbocycles. The molecule has 0 aliphatic carbocycles. The summed E-state index contributed by atoms with van der Waals surface area (Å²) in [6, 6.07) is 22.8. The minimum Gasteiger partial charge on any atom is -0.497 e. The Balaban J connectivity index is 2.02. The molecule has 0 aromatic heterocycles. The summed E-state index contributed by atoms with van der Waals surface area (Å²) in [4.78, 5) is 28.6. The SMILES string of the molecule is CC[C@H](C(=O)NC(C)C)N(Cc1ccc(OC)cc1)C(=O)CN(c1ccccc1)S(=O)(=O)c1ccccc1. The van der Waals surface area contributed by atoms with Gasteiger partial charge in [-0.1, -0.05) is 55.5 Å². The number of hydrogen-bond donors (Lipinski definition) is 1. The Hall–Kier alpha value is -3.85. The lowest BCUT2D eigenvalue weighted by Crippen LogP contribution is -2.53. The molecular formula is C29H35N3O5S. The van der Waals surface area contributed by atoms with E-state index in [1.165, 1.54) is 17.0 Å². The fourth-order valence-electron chi connectivity index (χ4n) is 4.07. The number of benzene rings is 3. The van der Waals surface area contributed by atoms with Gasteiger partial charge in [0.25, 0.3) is 10.0 Å². The lowest BCUT2D eigenvalue weighted by Gasteiger charge is -2.33. The van der Waals surface area contributed by atoms with Crippen LogP contribution in [0.5, 0.6) is 5.75 Å². The zero-order valence-corrected chi connectivity index (χ0v) is 23.0. The summed E-state index contributed by atoms with van der Waals surface area (Å²) in [6.07, 6.45) is 0.358. The van der Waals surface area contributed by atoms with Gasteiger partial charge in [-0.25, -0.2) is 8.42 Å². The molecule has 0 aliphatic heterocycles. The molecule has 8 nitrogen and oxygen atoms in total. The molecule has 3 aromatic rings. The van der Waals surface area contributed by atoms with E-state index in [4.69, 9.17) is 4.74 Å². The second-order valence-corrected chi connectivity index (χ2v) is 11.0. The fraction of sp³-hybridized carbons (Fsp3) is 0.310. The highest BCUT2D eigenvalue weighted by atomic mass is 32.2. The number of sulfonamides is 1. The van der Waals surface area contributed by atoms with E-state index < -0.39 is 28.5 Å². The van der Waals surface area contributed by atoms with Gasteiger partial charge in [-0.05, 0) is 62.2 Å². The van der Waals surface area contributed by atoms with E-state index in [0.29, 0.717) is 17.9 Å². The number of nitrogens with zero attached hydrogens (tertiary/aromatic N) is 2. The molecule has 202 valence electrons. The van der Waals surface area contributed by atoms with Crippen LogP contribution in [0.3, 0.4) is 0 Å². The molecule has 38 heavy (non-hydrogen) atoms. The second-order valence-electron chi connectivity index (χ2n) is 9.12. The first-order valence-corrected chi connectivity index (χ1v) is 14.0. The third-order valence-electron chi connectivity index (χ3n) is 5.98. The molecule has 1 atom stereocenters. The van der Waals surface area contributed by atoms with Gasteiger partial charge in [0.2, 0.25) is 11.8 Å². The van der Waals surface area contributed by atoms with Gasteiger partial charge >= 0.3 is 0 Å². The van der Waals surface area contributed by atoms with Crippen molar-refractivity contribution < 1.29 is 22.7 Å². The molecule has 0 fully saturated rings. The summed E-state index contributed by atoms with van der Waals surface area (Å²) in [5, 5.41) is 2.89. The monoisotopic (exact) mass is 537 g/mol. The summed E-state index contributed by atoms with van der Waals surface area (Å²) in [7, 11) is -2.50. The van der Waals surface area contributed by atoms with Crippen LogP contribution in [0.2, 0.25) is 0 Å². The Morgan fingerprint density at radius 3 is 2.00 bits per heavy atom. The summed E-state index contributed by atoms with van der Waals surface area (Å²) >= 11 is 0. The van der Waals surface area contributed by atoms with Crippen molar-refractivity contribution in [2.75, 3.05) is 18.0 Å². The number of para-hydroxylation sites is 1. The Morgan fingerprint density at radius 2 is 1.47 bits per heavy atom. The normalized spacial score (nSPS) is 12.0. The minimum atomic E-state index is -4.07. The van der Waals surface area contributed by atoms with Crippen LogP contribution < -0.4 is 14.4 Å². The first kappa shape index (κ1) is 28.7. The Kier molecular flexibility index (Phi) is 9.90. The van der Waals surface area contributed by atoms with Crippen molar-refractivity contribution in [2.24, 2.45) is 0 Å². The highest BCUT2D eigenvalue weighted by Gasteiger charge is 2.33. The Bertz CT molecular complexity index is 1300. The maximum absolute atomic E-state index is 13.9. The Morgan fingerprint density at radius 1 is 0.895 bits per heavy atom. The number of rotatable bonds is 12. The molecule has 2 amide bonds. The van der Waals surface area contributed by atoms with Crippen molar-refractivity contribution in [3.05, 3.63) is 90.5 Å².